The lowest BCUT2D eigenvalue weighted by Crippen LogP contribution is -2.29. The van der Waals surface area contributed by atoms with Crippen LogP contribution >= 0.6 is 0 Å². The van der Waals surface area contributed by atoms with Crippen LogP contribution in [0.5, 0.6) is 0 Å². The fourth-order valence-electron chi connectivity index (χ4n) is 1.37. The fourth-order valence-corrected chi connectivity index (χ4v) is 1.37. The summed E-state index contributed by atoms with van der Waals surface area (Å²) in [7, 11) is 0. The topological polar surface area (TPSA) is 92.4 Å². The summed E-state index contributed by atoms with van der Waals surface area (Å²) in [5, 5.41) is 10.7. The fraction of sp³-hybridized carbons (Fsp3) is 0.0833. The number of carboxylic acids is 1. The van der Waals surface area contributed by atoms with E-state index in [-0.39, 0.29) is 5.69 Å². The zero-order valence-electron chi connectivity index (χ0n) is 9.29. The summed E-state index contributed by atoms with van der Waals surface area (Å²) in [5.41, 5.74) is 0.660. The quantitative estimate of drug-likeness (QED) is 0.844. The van der Waals surface area contributed by atoms with E-state index in [4.69, 9.17) is 9.52 Å². The number of nitrogens with zero attached hydrogens (tertiary/aromatic N) is 1. The van der Waals surface area contributed by atoms with Gasteiger partial charge in [0.25, 0.3) is 5.91 Å². The van der Waals surface area contributed by atoms with E-state index in [0.717, 1.165) is 0 Å². The van der Waals surface area contributed by atoms with Gasteiger partial charge >= 0.3 is 5.97 Å². The lowest BCUT2D eigenvalue weighted by atomic mass is 10.2. The van der Waals surface area contributed by atoms with Crippen molar-refractivity contribution in [3.8, 4) is 11.5 Å². The van der Waals surface area contributed by atoms with Gasteiger partial charge in [-0.3, -0.25) is 9.59 Å². The van der Waals surface area contributed by atoms with Crippen molar-refractivity contribution in [1.29, 1.82) is 0 Å². The molecule has 92 valence electrons. The number of carbonyl (C=O) groups is 2. The third kappa shape index (κ3) is 2.73. The molecule has 0 atom stereocenters. The number of hydrogen-bond acceptors (Lipinski definition) is 4. The molecular formula is C12H10N2O4. The van der Waals surface area contributed by atoms with Crippen LogP contribution in [0, 0.1) is 0 Å². The van der Waals surface area contributed by atoms with Crippen molar-refractivity contribution in [2.75, 3.05) is 6.54 Å². The second kappa shape index (κ2) is 5.13. The van der Waals surface area contributed by atoms with Crippen LogP contribution in [0.3, 0.4) is 0 Å². The van der Waals surface area contributed by atoms with E-state index in [2.05, 4.69) is 10.3 Å². The van der Waals surface area contributed by atoms with E-state index in [9.17, 15) is 9.59 Å². The molecule has 0 aromatic carbocycles. The Morgan fingerprint density at radius 1 is 1.28 bits per heavy atom. The predicted molar refractivity (Wildman–Crippen MR) is 61.9 cm³/mol. The van der Waals surface area contributed by atoms with E-state index in [1.807, 2.05) is 0 Å². The van der Waals surface area contributed by atoms with Gasteiger partial charge in [0.2, 0.25) is 0 Å². The molecule has 6 heteroatoms. The molecule has 0 spiro atoms. The first kappa shape index (κ1) is 11.8. The van der Waals surface area contributed by atoms with Crippen molar-refractivity contribution in [2.24, 2.45) is 0 Å². The number of rotatable bonds is 4. The molecule has 2 aromatic rings. The molecular weight excluding hydrogens is 236 g/mol. The average Bonchev–Trinajstić information content (AvgIpc) is 2.90. The molecule has 2 heterocycles. The molecule has 2 N–H and O–H groups in total. The van der Waals surface area contributed by atoms with E-state index < -0.39 is 18.4 Å². The SMILES string of the molecule is O=C(O)CNC(=O)c1cccc(-c2ccco2)n1. The minimum absolute atomic E-state index is 0.144. The maximum atomic E-state index is 11.6. The number of nitrogens with one attached hydrogen (secondary N) is 1. The molecule has 2 aromatic heterocycles. The molecule has 0 saturated heterocycles. The first-order valence-corrected chi connectivity index (χ1v) is 5.18. The van der Waals surface area contributed by atoms with Gasteiger partial charge < -0.3 is 14.8 Å². The number of hydrogen-bond donors (Lipinski definition) is 2. The highest BCUT2D eigenvalue weighted by Gasteiger charge is 2.10. The Morgan fingerprint density at radius 2 is 2.11 bits per heavy atom. The van der Waals surface area contributed by atoms with Crippen LogP contribution in [-0.2, 0) is 4.79 Å². The summed E-state index contributed by atoms with van der Waals surface area (Å²) in [6.07, 6.45) is 1.51. The third-order valence-corrected chi connectivity index (χ3v) is 2.16. The molecule has 6 nitrogen and oxygen atoms in total. The van der Waals surface area contributed by atoms with E-state index in [1.165, 1.54) is 12.3 Å². The maximum Gasteiger partial charge on any atom is 0.322 e. The summed E-state index contributed by atoms with van der Waals surface area (Å²) in [6, 6.07) is 8.30. The zero-order valence-corrected chi connectivity index (χ0v) is 9.29. The normalized spacial score (nSPS) is 10.0. The van der Waals surface area contributed by atoms with E-state index >= 15 is 0 Å². The van der Waals surface area contributed by atoms with Crippen molar-refractivity contribution in [3.63, 3.8) is 0 Å². The van der Waals surface area contributed by atoms with E-state index in [0.29, 0.717) is 11.5 Å². The molecule has 1 amide bonds. The molecule has 0 unspecified atom stereocenters. The molecule has 0 radical (unpaired) electrons. The summed E-state index contributed by atoms with van der Waals surface area (Å²) >= 11 is 0. The maximum absolute atomic E-state index is 11.6. The van der Waals surface area contributed by atoms with Crippen LogP contribution in [0.25, 0.3) is 11.5 Å². The number of carbonyl (C=O) groups excluding carboxylic acids is 1. The van der Waals surface area contributed by atoms with Gasteiger partial charge in [-0.1, -0.05) is 6.07 Å². The monoisotopic (exact) mass is 246 g/mol. The average molecular weight is 246 g/mol. The molecule has 2 rings (SSSR count). The Hall–Kier alpha value is -2.63. The number of aliphatic carboxylic acids is 1. The Morgan fingerprint density at radius 3 is 2.78 bits per heavy atom. The van der Waals surface area contributed by atoms with Crippen molar-refractivity contribution < 1.29 is 19.1 Å². The standard InChI is InChI=1S/C12H10N2O4/c15-11(16)7-13-12(17)9-4-1-3-8(14-9)10-5-2-6-18-10/h1-6H,7H2,(H,13,17)(H,15,16). The van der Waals surface area contributed by atoms with Gasteiger partial charge in [-0.05, 0) is 24.3 Å². The van der Waals surface area contributed by atoms with Crippen molar-refractivity contribution >= 4 is 11.9 Å². The summed E-state index contributed by atoms with van der Waals surface area (Å²) < 4.78 is 5.16. The van der Waals surface area contributed by atoms with Crippen LogP contribution in [0.2, 0.25) is 0 Å². The molecule has 0 aliphatic carbocycles. The molecule has 0 saturated carbocycles. The van der Waals surface area contributed by atoms with E-state index in [1.54, 1.807) is 24.3 Å². The first-order valence-electron chi connectivity index (χ1n) is 5.18. The molecule has 0 aliphatic heterocycles. The van der Waals surface area contributed by atoms with Gasteiger partial charge in [-0.2, -0.15) is 0 Å². The number of aromatic nitrogens is 1. The van der Waals surface area contributed by atoms with Gasteiger partial charge in [-0.15, -0.1) is 0 Å². The van der Waals surface area contributed by atoms with Crippen LogP contribution in [-0.4, -0.2) is 28.5 Å². The molecule has 0 bridgehead atoms. The molecule has 0 fully saturated rings. The van der Waals surface area contributed by atoms with Gasteiger partial charge in [0.1, 0.15) is 17.9 Å². The second-order valence-corrected chi connectivity index (χ2v) is 3.46. The van der Waals surface area contributed by atoms with Crippen molar-refractivity contribution in [1.82, 2.24) is 10.3 Å². The number of carboxylic acid groups (broad SMARTS) is 1. The van der Waals surface area contributed by atoms with Gasteiger partial charge in [-0.25, -0.2) is 4.98 Å². The van der Waals surface area contributed by atoms with Gasteiger partial charge in [0.15, 0.2) is 5.76 Å². The largest absolute Gasteiger partial charge is 0.480 e. The Labute approximate surface area is 102 Å². The highest BCUT2D eigenvalue weighted by molar-refractivity contribution is 5.94. The van der Waals surface area contributed by atoms with Crippen LogP contribution in [0.15, 0.2) is 41.0 Å². The van der Waals surface area contributed by atoms with Gasteiger partial charge in [0, 0.05) is 0 Å². The van der Waals surface area contributed by atoms with Crippen LogP contribution < -0.4 is 5.32 Å². The summed E-state index contributed by atoms with van der Waals surface area (Å²) in [6.45, 7) is -0.439. The number of amides is 1. The predicted octanol–water partition coefficient (Wildman–Crippen LogP) is 1.16. The van der Waals surface area contributed by atoms with Crippen LogP contribution in [0.1, 0.15) is 10.5 Å². The lowest BCUT2D eigenvalue weighted by molar-refractivity contribution is -0.135. The lowest BCUT2D eigenvalue weighted by Gasteiger charge is -2.03. The van der Waals surface area contributed by atoms with Gasteiger partial charge in [0.05, 0.1) is 6.26 Å². The smallest absolute Gasteiger partial charge is 0.322 e. The summed E-state index contributed by atoms with van der Waals surface area (Å²) in [4.78, 5) is 26.0. The Kier molecular flexibility index (Phi) is 3.38. The Balaban J connectivity index is 2.17. The number of pyridine rings is 1. The minimum atomic E-state index is -1.11. The minimum Gasteiger partial charge on any atom is -0.480 e. The molecule has 0 aliphatic rings. The number of furan rings is 1. The van der Waals surface area contributed by atoms with Crippen molar-refractivity contribution in [3.05, 3.63) is 42.3 Å². The highest BCUT2D eigenvalue weighted by atomic mass is 16.4. The highest BCUT2D eigenvalue weighted by Crippen LogP contribution is 2.17. The third-order valence-electron chi connectivity index (χ3n) is 2.16. The molecule has 18 heavy (non-hydrogen) atoms. The summed E-state index contributed by atoms with van der Waals surface area (Å²) in [5.74, 6) is -1.10. The Bertz CT molecular complexity index is 563. The second-order valence-electron chi connectivity index (χ2n) is 3.46. The van der Waals surface area contributed by atoms with Crippen molar-refractivity contribution in [2.45, 2.75) is 0 Å². The first-order chi connectivity index (χ1) is 8.66. The van der Waals surface area contributed by atoms with Crippen LogP contribution in [0.4, 0.5) is 0 Å². The zero-order chi connectivity index (χ0) is 13.0.